The number of aliphatic hydroxyl groups is 1. The van der Waals surface area contributed by atoms with Crippen LogP contribution in [0.3, 0.4) is 0 Å². The van der Waals surface area contributed by atoms with Crippen LogP contribution < -0.4 is 5.32 Å². The first-order valence-corrected chi connectivity index (χ1v) is 7.89. The molecule has 4 rings (SSSR count). The van der Waals surface area contributed by atoms with Gasteiger partial charge in [0.15, 0.2) is 0 Å². The van der Waals surface area contributed by atoms with E-state index in [4.69, 9.17) is 4.74 Å². The predicted octanol–water partition coefficient (Wildman–Crippen LogP) is 1.49. The molecule has 2 fully saturated rings. The molecule has 3 aliphatic carbocycles. The SMILES string of the molecule is O=C(NCC1CC2C=CC1CC2)C1(CO)CCOCC1. The molecule has 112 valence electrons. The summed E-state index contributed by atoms with van der Waals surface area (Å²) in [6.45, 7) is 1.83. The highest BCUT2D eigenvalue weighted by atomic mass is 16.5. The Morgan fingerprint density at radius 3 is 2.65 bits per heavy atom. The van der Waals surface area contributed by atoms with Gasteiger partial charge in [0.1, 0.15) is 0 Å². The first-order chi connectivity index (χ1) is 9.73. The summed E-state index contributed by atoms with van der Waals surface area (Å²) in [4.78, 5) is 12.5. The Labute approximate surface area is 120 Å². The highest BCUT2D eigenvalue weighted by molar-refractivity contribution is 5.82. The van der Waals surface area contributed by atoms with Crippen molar-refractivity contribution < 1.29 is 14.6 Å². The van der Waals surface area contributed by atoms with Crippen LogP contribution in [0.25, 0.3) is 0 Å². The van der Waals surface area contributed by atoms with Crippen molar-refractivity contribution in [2.45, 2.75) is 32.1 Å². The molecule has 20 heavy (non-hydrogen) atoms. The molecule has 0 aromatic carbocycles. The smallest absolute Gasteiger partial charge is 0.228 e. The first kappa shape index (κ1) is 14.1. The summed E-state index contributed by atoms with van der Waals surface area (Å²) >= 11 is 0. The highest BCUT2D eigenvalue weighted by Crippen LogP contribution is 2.40. The number of nitrogens with one attached hydrogen (secondary N) is 1. The number of hydrogen-bond acceptors (Lipinski definition) is 3. The van der Waals surface area contributed by atoms with Crippen LogP contribution in [0.5, 0.6) is 0 Å². The molecular weight excluding hydrogens is 254 g/mol. The van der Waals surface area contributed by atoms with Gasteiger partial charge in [-0.3, -0.25) is 4.79 Å². The summed E-state index contributed by atoms with van der Waals surface area (Å²) in [5, 5.41) is 12.7. The second kappa shape index (κ2) is 5.86. The maximum absolute atomic E-state index is 12.5. The van der Waals surface area contributed by atoms with Crippen LogP contribution in [-0.2, 0) is 9.53 Å². The van der Waals surface area contributed by atoms with Crippen molar-refractivity contribution >= 4 is 5.91 Å². The quantitative estimate of drug-likeness (QED) is 0.767. The van der Waals surface area contributed by atoms with E-state index in [1.165, 1.54) is 19.3 Å². The molecule has 1 amide bonds. The van der Waals surface area contributed by atoms with Gasteiger partial charge in [0.05, 0.1) is 12.0 Å². The van der Waals surface area contributed by atoms with Gasteiger partial charge in [-0.1, -0.05) is 12.2 Å². The Balaban J connectivity index is 1.55. The summed E-state index contributed by atoms with van der Waals surface area (Å²) in [5.41, 5.74) is -0.609. The molecule has 3 unspecified atom stereocenters. The van der Waals surface area contributed by atoms with E-state index in [2.05, 4.69) is 17.5 Å². The van der Waals surface area contributed by atoms with Crippen LogP contribution in [0, 0.1) is 23.2 Å². The Morgan fingerprint density at radius 2 is 2.10 bits per heavy atom. The molecule has 2 N–H and O–H groups in total. The monoisotopic (exact) mass is 279 g/mol. The van der Waals surface area contributed by atoms with Crippen LogP contribution in [0.15, 0.2) is 12.2 Å². The fraction of sp³-hybridized carbons (Fsp3) is 0.812. The van der Waals surface area contributed by atoms with Gasteiger partial charge in [-0.05, 0) is 49.9 Å². The van der Waals surface area contributed by atoms with E-state index in [9.17, 15) is 9.90 Å². The zero-order valence-corrected chi connectivity index (χ0v) is 12.0. The van der Waals surface area contributed by atoms with Crippen molar-refractivity contribution in [1.29, 1.82) is 0 Å². The van der Waals surface area contributed by atoms with E-state index in [0.29, 0.717) is 37.9 Å². The molecule has 2 bridgehead atoms. The maximum Gasteiger partial charge on any atom is 0.228 e. The number of rotatable bonds is 4. The Kier molecular flexibility index (Phi) is 4.13. The van der Waals surface area contributed by atoms with Gasteiger partial charge in [0.2, 0.25) is 5.91 Å². The molecule has 1 aliphatic heterocycles. The van der Waals surface area contributed by atoms with Gasteiger partial charge in [-0.2, -0.15) is 0 Å². The molecule has 1 saturated carbocycles. The molecule has 1 saturated heterocycles. The molecule has 4 aliphatic rings. The normalized spacial score (nSPS) is 35.0. The zero-order chi connectivity index (χ0) is 14.0. The third kappa shape index (κ3) is 2.63. The molecule has 0 aromatic heterocycles. The van der Waals surface area contributed by atoms with Crippen molar-refractivity contribution in [1.82, 2.24) is 5.32 Å². The molecule has 3 atom stereocenters. The number of aliphatic hydroxyl groups excluding tert-OH is 1. The van der Waals surface area contributed by atoms with Crippen LogP contribution >= 0.6 is 0 Å². The van der Waals surface area contributed by atoms with Gasteiger partial charge in [0, 0.05) is 19.8 Å². The lowest BCUT2D eigenvalue weighted by molar-refractivity contribution is -0.140. The standard InChI is InChI=1S/C16H25NO3/c18-11-16(5-7-20-8-6-16)15(19)17-10-14-9-12-1-3-13(14)4-2-12/h1,3,12-14,18H,2,4-11H2,(H,17,19). The van der Waals surface area contributed by atoms with Crippen molar-refractivity contribution in [3.63, 3.8) is 0 Å². The molecule has 0 aromatic rings. The number of ether oxygens (including phenoxy) is 1. The lowest BCUT2D eigenvalue weighted by Gasteiger charge is -2.39. The largest absolute Gasteiger partial charge is 0.395 e. The van der Waals surface area contributed by atoms with E-state index in [0.717, 1.165) is 12.5 Å². The van der Waals surface area contributed by atoms with E-state index < -0.39 is 5.41 Å². The van der Waals surface area contributed by atoms with Gasteiger partial charge >= 0.3 is 0 Å². The molecule has 4 nitrogen and oxygen atoms in total. The van der Waals surface area contributed by atoms with Crippen LogP contribution in [0.1, 0.15) is 32.1 Å². The molecule has 0 radical (unpaired) electrons. The summed E-state index contributed by atoms with van der Waals surface area (Å²) < 4.78 is 5.31. The van der Waals surface area contributed by atoms with Crippen molar-refractivity contribution in [3.8, 4) is 0 Å². The summed E-state index contributed by atoms with van der Waals surface area (Å²) in [5.74, 6) is 1.96. The van der Waals surface area contributed by atoms with Crippen molar-refractivity contribution in [3.05, 3.63) is 12.2 Å². The Hall–Kier alpha value is -0.870. The average Bonchev–Trinajstić information content (AvgIpc) is 2.54. The van der Waals surface area contributed by atoms with Crippen molar-refractivity contribution in [2.75, 3.05) is 26.4 Å². The minimum atomic E-state index is -0.609. The number of allylic oxidation sites excluding steroid dienone is 2. The summed E-state index contributed by atoms with van der Waals surface area (Å²) in [6, 6.07) is 0. The van der Waals surface area contributed by atoms with Gasteiger partial charge in [0.25, 0.3) is 0 Å². The third-order valence-electron chi connectivity index (χ3n) is 5.47. The zero-order valence-electron chi connectivity index (χ0n) is 12.0. The molecule has 0 spiro atoms. The minimum Gasteiger partial charge on any atom is -0.395 e. The first-order valence-electron chi connectivity index (χ1n) is 7.89. The van der Waals surface area contributed by atoms with Crippen LogP contribution in [0.2, 0.25) is 0 Å². The Bertz CT molecular complexity index is 387. The van der Waals surface area contributed by atoms with E-state index >= 15 is 0 Å². The van der Waals surface area contributed by atoms with Crippen LogP contribution in [0.4, 0.5) is 0 Å². The fourth-order valence-corrected chi connectivity index (χ4v) is 3.92. The van der Waals surface area contributed by atoms with E-state index in [1.807, 2.05) is 0 Å². The number of amides is 1. The summed E-state index contributed by atoms with van der Waals surface area (Å²) in [7, 11) is 0. The topological polar surface area (TPSA) is 58.6 Å². The Morgan fingerprint density at radius 1 is 1.30 bits per heavy atom. The molecule has 1 heterocycles. The van der Waals surface area contributed by atoms with Crippen LogP contribution in [-0.4, -0.2) is 37.4 Å². The number of carbonyl (C=O) groups excluding carboxylic acids is 1. The fourth-order valence-electron chi connectivity index (χ4n) is 3.92. The number of carbonyl (C=O) groups is 1. The number of hydrogen-bond donors (Lipinski definition) is 2. The predicted molar refractivity (Wildman–Crippen MR) is 76.0 cm³/mol. The van der Waals surface area contributed by atoms with E-state index in [1.54, 1.807) is 0 Å². The highest BCUT2D eigenvalue weighted by Gasteiger charge is 2.40. The second-order valence-corrected chi connectivity index (χ2v) is 6.64. The lowest BCUT2D eigenvalue weighted by atomic mass is 9.69. The third-order valence-corrected chi connectivity index (χ3v) is 5.47. The van der Waals surface area contributed by atoms with Gasteiger partial charge < -0.3 is 15.2 Å². The van der Waals surface area contributed by atoms with Gasteiger partial charge in [-0.25, -0.2) is 0 Å². The maximum atomic E-state index is 12.5. The minimum absolute atomic E-state index is 0.0220. The average molecular weight is 279 g/mol. The second-order valence-electron chi connectivity index (χ2n) is 6.64. The van der Waals surface area contributed by atoms with Crippen molar-refractivity contribution in [2.24, 2.45) is 23.2 Å². The molecular formula is C16H25NO3. The lowest BCUT2D eigenvalue weighted by Crippen LogP contribution is -2.49. The summed E-state index contributed by atoms with van der Waals surface area (Å²) in [6.07, 6.45) is 9.73. The molecule has 4 heteroatoms. The number of fused-ring (bicyclic) bond motifs is 2. The van der Waals surface area contributed by atoms with E-state index in [-0.39, 0.29) is 12.5 Å². The van der Waals surface area contributed by atoms with Gasteiger partial charge in [-0.15, -0.1) is 0 Å².